The van der Waals surface area contributed by atoms with Crippen LogP contribution >= 0.6 is 22.6 Å². The van der Waals surface area contributed by atoms with Crippen LogP contribution in [0.2, 0.25) is 0 Å². The molecular weight excluding hydrogens is 332 g/mol. The number of hydrogen-bond donors (Lipinski definition) is 1. The number of hydrogen-bond acceptors (Lipinski definition) is 1. The van der Waals surface area contributed by atoms with Crippen LogP contribution in [0.5, 0.6) is 0 Å². The quantitative estimate of drug-likeness (QED) is 0.807. The van der Waals surface area contributed by atoms with Crippen molar-refractivity contribution >= 4 is 34.2 Å². The summed E-state index contributed by atoms with van der Waals surface area (Å²) >= 11 is 2.03. The number of halogens is 2. The Balaban J connectivity index is 2.13. The molecule has 0 saturated heterocycles. The van der Waals surface area contributed by atoms with Crippen molar-refractivity contribution in [3.8, 4) is 0 Å². The summed E-state index contributed by atoms with van der Waals surface area (Å²) in [5.41, 5.74) is 0.447. The van der Waals surface area contributed by atoms with Crippen molar-refractivity contribution in [1.29, 1.82) is 0 Å². The Morgan fingerprint density at radius 3 is 2.65 bits per heavy atom. The van der Waals surface area contributed by atoms with Gasteiger partial charge >= 0.3 is 0 Å². The van der Waals surface area contributed by atoms with E-state index in [1.807, 2.05) is 29.5 Å². The van der Waals surface area contributed by atoms with E-state index in [0.717, 1.165) is 29.3 Å². The average molecular weight is 347 g/mol. The number of anilines is 1. The summed E-state index contributed by atoms with van der Waals surface area (Å²) in [5.74, 6) is -0.223. The van der Waals surface area contributed by atoms with Crippen LogP contribution in [-0.2, 0) is 4.79 Å². The molecule has 0 heterocycles. The van der Waals surface area contributed by atoms with Crippen LogP contribution in [0.1, 0.15) is 32.6 Å². The van der Waals surface area contributed by atoms with Gasteiger partial charge in [0.25, 0.3) is 0 Å². The Morgan fingerprint density at radius 1 is 1.41 bits per heavy atom. The van der Waals surface area contributed by atoms with Gasteiger partial charge in [0.1, 0.15) is 5.82 Å². The second-order valence-electron chi connectivity index (χ2n) is 4.85. The molecule has 0 aromatic heterocycles. The zero-order valence-electron chi connectivity index (χ0n) is 9.72. The molecule has 2 nitrogen and oxygen atoms in total. The Labute approximate surface area is 114 Å². The minimum Gasteiger partial charge on any atom is -0.325 e. The molecule has 1 aromatic carbocycles. The number of benzene rings is 1. The topological polar surface area (TPSA) is 29.1 Å². The molecule has 1 aromatic rings. The molecule has 0 unspecified atom stereocenters. The van der Waals surface area contributed by atoms with Gasteiger partial charge in [0.2, 0.25) is 5.91 Å². The van der Waals surface area contributed by atoms with Gasteiger partial charge in [0.05, 0.1) is 5.69 Å². The van der Waals surface area contributed by atoms with E-state index in [1.165, 1.54) is 12.1 Å². The van der Waals surface area contributed by atoms with Crippen LogP contribution in [0, 0.1) is 14.8 Å². The Bertz CT molecular complexity index is 441. The molecule has 1 saturated carbocycles. The van der Waals surface area contributed by atoms with E-state index in [4.69, 9.17) is 0 Å². The van der Waals surface area contributed by atoms with Gasteiger partial charge in [-0.05, 0) is 53.6 Å². The monoisotopic (exact) mass is 347 g/mol. The predicted molar refractivity (Wildman–Crippen MR) is 74.3 cm³/mol. The first kappa shape index (κ1) is 12.8. The van der Waals surface area contributed by atoms with Gasteiger partial charge in [-0.3, -0.25) is 4.79 Å². The summed E-state index contributed by atoms with van der Waals surface area (Å²) in [7, 11) is 0. The number of carbonyl (C=O) groups excluding carboxylic acids is 1. The highest BCUT2D eigenvalue weighted by Gasteiger charge is 2.36. The van der Waals surface area contributed by atoms with E-state index < -0.39 is 0 Å². The van der Waals surface area contributed by atoms with Gasteiger partial charge in [-0.2, -0.15) is 0 Å². The molecule has 1 aliphatic carbocycles. The number of amides is 1. The average Bonchev–Trinajstić information content (AvgIpc) is 2.71. The van der Waals surface area contributed by atoms with Gasteiger partial charge in [-0.25, -0.2) is 4.39 Å². The first-order valence-electron chi connectivity index (χ1n) is 5.78. The second-order valence-corrected chi connectivity index (χ2v) is 6.01. The molecule has 0 aliphatic heterocycles. The van der Waals surface area contributed by atoms with Crippen LogP contribution in [0.25, 0.3) is 0 Å². The molecule has 1 aliphatic rings. The first-order valence-corrected chi connectivity index (χ1v) is 6.86. The Morgan fingerprint density at radius 2 is 2.06 bits per heavy atom. The lowest BCUT2D eigenvalue weighted by molar-refractivity contribution is -0.124. The van der Waals surface area contributed by atoms with Crippen molar-refractivity contribution in [2.75, 3.05) is 5.32 Å². The summed E-state index contributed by atoms with van der Waals surface area (Å²) in [4.78, 5) is 12.2. The maximum Gasteiger partial charge on any atom is 0.230 e. The van der Waals surface area contributed by atoms with Crippen LogP contribution in [0.4, 0.5) is 10.1 Å². The van der Waals surface area contributed by atoms with Crippen LogP contribution in [0.15, 0.2) is 18.2 Å². The standard InChI is InChI=1S/C13H15FINO/c1-13(6-2-3-7-13)12(17)16-11-5-4-9(14)8-10(11)15/h4-5,8H,2-3,6-7H2,1H3,(H,16,17). The number of carbonyl (C=O) groups is 1. The molecule has 4 heteroatoms. The summed E-state index contributed by atoms with van der Waals surface area (Å²) in [6.45, 7) is 2.01. The zero-order chi connectivity index (χ0) is 12.5. The third kappa shape index (κ3) is 2.78. The van der Waals surface area contributed by atoms with E-state index in [-0.39, 0.29) is 17.1 Å². The van der Waals surface area contributed by atoms with Crippen LogP contribution in [0.3, 0.4) is 0 Å². The minimum atomic E-state index is -0.278. The van der Waals surface area contributed by atoms with Crippen molar-refractivity contribution in [2.45, 2.75) is 32.6 Å². The fraction of sp³-hybridized carbons (Fsp3) is 0.462. The lowest BCUT2D eigenvalue weighted by Crippen LogP contribution is -2.31. The summed E-state index contributed by atoms with van der Waals surface area (Å²) in [6.07, 6.45) is 4.11. The van der Waals surface area contributed by atoms with Gasteiger partial charge in [0, 0.05) is 8.99 Å². The van der Waals surface area contributed by atoms with Gasteiger partial charge in [-0.15, -0.1) is 0 Å². The third-order valence-corrected chi connectivity index (χ3v) is 4.33. The molecule has 2 rings (SSSR count). The molecule has 0 radical (unpaired) electrons. The highest BCUT2D eigenvalue weighted by molar-refractivity contribution is 14.1. The van der Waals surface area contributed by atoms with E-state index in [2.05, 4.69) is 5.32 Å². The van der Waals surface area contributed by atoms with Crippen molar-refractivity contribution < 1.29 is 9.18 Å². The Hall–Kier alpha value is -0.650. The van der Waals surface area contributed by atoms with Crippen molar-refractivity contribution in [2.24, 2.45) is 5.41 Å². The minimum absolute atomic E-state index is 0.0551. The molecule has 0 atom stereocenters. The van der Waals surface area contributed by atoms with Crippen LogP contribution < -0.4 is 5.32 Å². The Kier molecular flexibility index (Phi) is 3.70. The lowest BCUT2D eigenvalue weighted by atomic mass is 9.88. The molecule has 1 fully saturated rings. The van der Waals surface area contributed by atoms with Gasteiger partial charge in [-0.1, -0.05) is 19.8 Å². The van der Waals surface area contributed by atoms with Crippen molar-refractivity contribution in [1.82, 2.24) is 0 Å². The van der Waals surface area contributed by atoms with Gasteiger partial charge < -0.3 is 5.32 Å². The molecule has 92 valence electrons. The molecule has 1 N–H and O–H groups in total. The molecule has 0 bridgehead atoms. The smallest absolute Gasteiger partial charge is 0.230 e. The predicted octanol–water partition coefficient (Wildman–Crippen LogP) is 3.95. The largest absolute Gasteiger partial charge is 0.325 e. The fourth-order valence-corrected chi connectivity index (χ4v) is 2.86. The van der Waals surface area contributed by atoms with Gasteiger partial charge in [0.15, 0.2) is 0 Å². The van der Waals surface area contributed by atoms with Crippen LogP contribution in [-0.4, -0.2) is 5.91 Å². The molecular formula is C13H15FINO. The molecule has 1 amide bonds. The number of rotatable bonds is 2. The summed E-state index contributed by atoms with van der Waals surface area (Å²) < 4.78 is 13.7. The maximum absolute atomic E-state index is 12.9. The van der Waals surface area contributed by atoms with Crippen molar-refractivity contribution in [3.05, 3.63) is 27.6 Å². The van der Waals surface area contributed by atoms with E-state index in [1.54, 1.807) is 6.07 Å². The molecule has 17 heavy (non-hydrogen) atoms. The highest BCUT2D eigenvalue weighted by atomic mass is 127. The van der Waals surface area contributed by atoms with E-state index >= 15 is 0 Å². The normalized spacial score (nSPS) is 18.1. The van der Waals surface area contributed by atoms with Crippen molar-refractivity contribution in [3.63, 3.8) is 0 Å². The third-order valence-electron chi connectivity index (χ3n) is 3.43. The highest BCUT2D eigenvalue weighted by Crippen LogP contribution is 2.38. The lowest BCUT2D eigenvalue weighted by Gasteiger charge is -2.22. The van der Waals surface area contributed by atoms with E-state index in [9.17, 15) is 9.18 Å². The maximum atomic E-state index is 12.9. The summed E-state index contributed by atoms with van der Waals surface area (Å²) in [6, 6.07) is 4.41. The molecule has 0 spiro atoms. The SMILES string of the molecule is CC1(C(=O)Nc2ccc(F)cc2I)CCCC1. The summed E-state index contributed by atoms with van der Waals surface area (Å²) in [5, 5.41) is 2.91. The number of nitrogens with one attached hydrogen (secondary N) is 1. The van der Waals surface area contributed by atoms with E-state index in [0.29, 0.717) is 5.69 Å². The second kappa shape index (κ2) is 4.92. The fourth-order valence-electron chi connectivity index (χ4n) is 2.25. The first-order chi connectivity index (χ1) is 8.01. The zero-order valence-corrected chi connectivity index (χ0v) is 11.9.